The molecule has 11 heteroatoms. The van der Waals surface area contributed by atoms with Crippen molar-refractivity contribution >= 4 is 39.9 Å². The third-order valence-corrected chi connectivity index (χ3v) is 3.64. The van der Waals surface area contributed by atoms with Crippen molar-refractivity contribution in [3.63, 3.8) is 0 Å². The van der Waals surface area contributed by atoms with Gasteiger partial charge >= 0.3 is 18.3 Å². The Kier molecular flexibility index (Phi) is 5.93. The van der Waals surface area contributed by atoms with Crippen LogP contribution in [-0.2, 0) is 9.53 Å². The average Bonchev–Trinajstić information content (AvgIpc) is 3.02. The number of halogens is 3. The molecular weight excluding hydrogens is 375 g/mol. The van der Waals surface area contributed by atoms with Crippen LogP contribution in [0.25, 0.3) is 0 Å². The Morgan fingerprint density at radius 2 is 1.88 bits per heavy atom. The number of benzene rings is 1. The van der Waals surface area contributed by atoms with Gasteiger partial charge in [0.25, 0.3) is 5.78 Å². The van der Waals surface area contributed by atoms with Crippen LogP contribution in [0.2, 0.25) is 0 Å². The minimum atomic E-state index is -4.98. The number of carbonyl (C=O) groups excluding carboxylic acids is 3. The SMILES string of the molecule is CCOC(=O)C(=O)c1csc(NC(=O)N(c2ccccc2)C(F)(F)F)n1. The van der Waals surface area contributed by atoms with E-state index in [1.54, 1.807) is 0 Å². The molecule has 26 heavy (non-hydrogen) atoms. The van der Waals surface area contributed by atoms with Crippen LogP contribution in [-0.4, -0.2) is 35.7 Å². The molecule has 0 bridgehead atoms. The molecule has 1 aromatic carbocycles. The van der Waals surface area contributed by atoms with Crippen LogP contribution in [0.15, 0.2) is 35.7 Å². The normalized spacial score (nSPS) is 10.9. The molecule has 1 N–H and O–H groups in total. The van der Waals surface area contributed by atoms with Crippen molar-refractivity contribution in [1.82, 2.24) is 4.98 Å². The highest BCUT2D eigenvalue weighted by molar-refractivity contribution is 7.14. The number of nitrogens with one attached hydrogen (secondary N) is 1. The number of ether oxygens (including phenoxy) is 1. The summed E-state index contributed by atoms with van der Waals surface area (Å²) in [6, 6.07) is 4.93. The molecule has 2 rings (SSSR count). The van der Waals surface area contributed by atoms with Gasteiger partial charge in [0.05, 0.1) is 12.3 Å². The molecular formula is C15H12F3N3O4S. The van der Waals surface area contributed by atoms with Crippen LogP contribution >= 0.6 is 11.3 Å². The number of para-hydroxylation sites is 1. The second-order valence-electron chi connectivity index (χ2n) is 4.66. The fourth-order valence-corrected chi connectivity index (χ4v) is 2.52. The number of aromatic nitrogens is 1. The van der Waals surface area contributed by atoms with Gasteiger partial charge in [-0.1, -0.05) is 18.2 Å². The van der Waals surface area contributed by atoms with Crippen molar-refractivity contribution in [1.29, 1.82) is 0 Å². The number of urea groups is 1. The van der Waals surface area contributed by atoms with Crippen LogP contribution in [0.3, 0.4) is 0 Å². The Labute approximate surface area is 149 Å². The first-order valence-electron chi connectivity index (χ1n) is 7.14. The standard InChI is InChI=1S/C15H12F3N3O4S/c1-2-25-12(23)11(22)10-8-26-13(19-10)20-14(24)21(15(16,17)18)9-6-4-3-5-7-9/h3-8H,2H2,1H3,(H,19,20,24). The first kappa shape index (κ1) is 19.4. The summed E-state index contributed by atoms with van der Waals surface area (Å²) in [4.78, 5) is 38.4. The number of amides is 2. The summed E-state index contributed by atoms with van der Waals surface area (Å²) in [5, 5.41) is 2.83. The zero-order valence-electron chi connectivity index (χ0n) is 13.2. The molecule has 7 nitrogen and oxygen atoms in total. The second-order valence-corrected chi connectivity index (χ2v) is 5.51. The zero-order chi connectivity index (χ0) is 19.3. The Morgan fingerprint density at radius 1 is 1.23 bits per heavy atom. The molecule has 0 atom stereocenters. The highest BCUT2D eigenvalue weighted by atomic mass is 32.1. The van der Waals surface area contributed by atoms with Gasteiger partial charge in [-0.2, -0.15) is 0 Å². The lowest BCUT2D eigenvalue weighted by Gasteiger charge is -2.24. The van der Waals surface area contributed by atoms with Gasteiger partial charge in [-0.05, 0) is 19.1 Å². The third kappa shape index (κ3) is 4.57. The molecule has 0 saturated heterocycles. The molecule has 0 unspecified atom stereocenters. The number of esters is 1. The highest BCUT2D eigenvalue weighted by Crippen LogP contribution is 2.29. The van der Waals surface area contributed by atoms with Gasteiger partial charge in [-0.15, -0.1) is 24.5 Å². The van der Waals surface area contributed by atoms with Gasteiger partial charge in [-0.25, -0.2) is 19.5 Å². The summed E-state index contributed by atoms with van der Waals surface area (Å²) in [7, 11) is 0. The molecule has 0 aliphatic carbocycles. The molecule has 0 spiro atoms. The molecule has 2 amide bonds. The van der Waals surface area contributed by atoms with Crippen molar-refractivity contribution in [2.24, 2.45) is 0 Å². The van der Waals surface area contributed by atoms with Gasteiger partial charge < -0.3 is 4.74 Å². The molecule has 1 heterocycles. The average molecular weight is 387 g/mol. The van der Waals surface area contributed by atoms with Crippen LogP contribution in [0.4, 0.5) is 28.8 Å². The molecule has 0 saturated carbocycles. The van der Waals surface area contributed by atoms with E-state index in [0.29, 0.717) is 11.3 Å². The highest BCUT2D eigenvalue weighted by Gasteiger charge is 2.42. The van der Waals surface area contributed by atoms with E-state index in [4.69, 9.17) is 0 Å². The van der Waals surface area contributed by atoms with E-state index in [9.17, 15) is 27.6 Å². The number of anilines is 2. The largest absolute Gasteiger partial charge is 0.493 e. The monoisotopic (exact) mass is 387 g/mol. The maximum Gasteiger partial charge on any atom is 0.493 e. The van der Waals surface area contributed by atoms with Gasteiger partial charge in [0, 0.05) is 5.38 Å². The van der Waals surface area contributed by atoms with E-state index >= 15 is 0 Å². The summed E-state index contributed by atoms with van der Waals surface area (Å²) >= 11 is 0.699. The molecule has 0 fully saturated rings. The van der Waals surface area contributed by atoms with E-state index in [1.165, 1.54) is 25.1 Å². The van der Waals surface area contributed by atoms with E-state index in [0.717, 1.165) is 17.5 Å². The van der Waals surface area contributed by atoms with Crippen molar-refractivity contribution in [2.45, 2.75) is 13.2 Å². The molecule has 0 aliphatic heterocycles. The first-order valence-corrected chi connectivity index (χ1v) is 8.02. The van der Waals surface area contributed by atoms with Crippen molar-refractivity contribution in [3.8, 4) is 0 Å². The fraction of sp³-hybridized carbons (Fsp3) is 0.200. The van der Waals surface area contributed by atoms with Crippen LogP contribution < -0.4 is 10.2 Å². The van der Waals surface area contributed by atoms with Gasteiger partial charge in [-0.3, -0.25) is 10.1 Å². The van der Waals surface area contributed by atoms with Crippen molar-refractivity contribution in [3.05, 3.63) is 41.4 Å². The number of carbonyl (C=O) groups is 3. The lowest BCUT2D eigenvalue weighted by molar-refractivity contribution is -0.137. The topological polar surface area (TPSA) is 88.6 Å². The van der Waals surface area contributed by atoms with Gasteiger partial charge in [0.15, 0.2) is 5.13 Å². The molecule has 2 aromatic rings. The van der Waals surface area contributed by atoms with Crippen LogP contribution in [0, 0.1) is 0 Å². The fourth-order valence-electron chi connectivity index (χ4n) is 1.84. The third-order valence-electron chi connectivity index (χ3n) is 2.88. The first-order chi connectivity index (χ1) is 12.2. The minimum Gasteiger partial charge on any atom is -0.460 e. The number of thiazole rings is 1. The Bertz CT molecular complexity index is 808. The quantitative estimate of drug-likeness (QED) is 0.367. The van der Waals surface area contributed by atoms with Gasteiger partial charge in [0.1, 0.15) is 5.69 Å². The number of nitrogens with zero attached hydrogens (tertiary/aromatic N) is 2. The number of rotatable bonds is 5. The maximum absolute atomic E-state index is 13.2. The lowest BCUT2D eigenvalue weighted by atomic mass is 10.3. The van der Waals surface area contributed by atoms with E-state index < -0.39 is 34.7 Å². The lowest BCUT2D eigenvalue weighted by Crippen LogP contribution is -2.45. The summed E-state index contributed by atoms with van der Waals surface area (Å²) in [6.07, 6.45) is -4.98. The van der Waals surface area contributed by atoms with Crippen LogP contribution in [0.1, 0.15) is 17.4 Å². The summed E-state index contributed by atoms with van der Waals surface area (Å²) in [5.74, 6) is -2.20. The Hall–Kier alpha value is -2.95. The summed E-state index contributed by atoms with van der Waals surface area (Å²) < 4.78 is 44.2. The summed E-state index contributed by atoms with van der Waals surface area (Å²) in [6.45, 7) is 1.49. The molecule has 1 aromatic heterocycles. The number of hydrogen-bond acceptors (Lipinski definition) is 6. The van der Waals surface area contributed by atoms with Crippen LogP contribution in [0.5, 0.6) is 0 Å². The number of Topliss-reactive ketones (excluding diaryl/α,β-unsaturated/α-hetero) is 1. The Balaban J connectivity index is 2.18. The van der Waals surface area contributed by atoms with Crippen molar-refractivity contribution < 1.29 is 32.3 Å². The van der Waals surface area contributed by atoms with E-state index in [-0.39, 0.29) is 17.4 Å². The molecule has 0 aliphatic rings. The predicted octanol–water partition coefficient (Wildman–Crippen LogP) is 3.45. The minimum absolute atomic E-state index is 0.0179. The maximum atomic E-state index is 13.2. The number of alkyl halides is 3. The number of ketones is 1. The predicted molar refractivity (Wildman–Crippen MR) is 87.1 cm³/mol. The van der Waals surface area contributed by atoms with E-state index in [2.05, 4.69) is 9.72 Å². The van der Waals surface area contributed by atoms with Crippen molar-refractivity contribution in [2.75, 3.05) is 16.8 Å². The Morgan fingerprint density at radius 3 is 2.46 bits per heavy atom. The molecule has 0 radical (unpaired) electrons. The summed E-state index contributed by atoms with van der Waals surface area (Å²) in [5.41, 5.74) is -0.723. The zero-order valence-corrected chi connectivity index (χ0v) is 14.1. The van der Waals surface area contributed by atoms with Gasteiger partial charge in [0.2, 0.25) is 0 Å². The molecule has 138 valence electrons. The second kappa shape index (κ2) is 7.95. The van der Waals surface area contributed by atoms with E-state index in [1.807, 2.05) is 5.32 Å². The smallest absolute Gasteiger partial charge is 0.460 e. The number of hydrogen-bond donors (Lipinski definition) is 1.